The molecule has 1 aliphatic rings. The Balaban J connectivity index is 1.63. The molecule has 24 heavy (non-hydrogen) atoms. The van der Waals surface area contributed by atoms with Gasteiger partial charge in [0.25, 0.3) is 0 Å². The van der Waals surface area contributed by atoms with E-state index in [0.717, 1.165) is 11.3 Å². The van der Waals surface area contributed by atoms with Gasteiger partial charge < -0.3 is 14.6 Å². The van der Waals surface area contributed by atoms with Gasteiger partial charge in [0.05, 0.1) is 19.4 Å². The molecule has 2 heterocycles. The summed E-state index contributed by atoms with van der Waals surface area (Å²) in [5.74, 6) is 0.0265. The Bertz CT molecular complexity index is 679. The van der Waals surface area contributed by atoms with Gasteiger partial charge in [-0.05, 0) is 19.1 Å². The largest absolute Gasteiger partial charge is 0.490 e. The predicted molar refractivity (Wildman–Crippen MR) is 86.3 cm³/mol. The first-order valence-corrected chi connectivity index (χ1v) is 7.94. The third-order valence-corrected chi connectivity index (χ3v) is 4.07. The molecular formula is C17H22FN3O3. The molecular weight excluding hydrogens is 313 g/mol. The fraction of sp³-hybridized carbons (Fsp3) is 0.471. The van der Waals surface area contributed by atoms with Crippen molar-refractivity contribution in [1.29, 1.82) is 0 Å². The lowest BCUT2D eigenvalue weighted by molar-refractivity contribution is -0.0647. The van der Waals surface area contributed by atoms with Crippen LogP contribution in [0.3, 0.4) is 0 Å². The maximum atomic E-state index is 13.2. The molecule has 0 spiro atoms. The summed E-state index contributed by atoms with van der Waals surface area (Å²) >= 11 is 0. The van der Waals surface area contributed by atoms with Crippen molar-refractivity contribution in [3.05, 3.63) is 47.5 Å². The minimum Gasteiger partial charge on any atom is -0.490 e. The lowest BCUT2D eigenvalue weighted by Crippen LogP contribution is -2.48. The molecule has 2 aromatic rings. The van der Waals surface area contributed by atoms with Crippen LogP contribution >= 0.6 is 0 Å². The highest BCUT2D eigenvalue weighted by atomic mass is 19.1. The minimum absolute atomic E-state index is 0.0390. The monoisotopic (exact) mass is 335 g/mol. The first-order chi connectivity index (χ1) is 11.5. The van der Waals surface area contributed by atoms with Crippen molar-refractivity contribution >= 4 is 0 Å². The van der Waals surface area contributed by atoms with Crippen molar-refractivity contribution < 1.29 is 19.0 Å². The highest BCUT2D eigenvalue weighted by molar-refractivity contribution is 5.22. The smallest absolute Gasteiger partial charge is 0.134 e. The van der Waals surface area contributed by atoms with Gasteiger partial charge in [0.2, 0.25) is 0 Å². The summed E-state index contributed by atoms with van der Waals surface area (Å²) in [7, 11) is 0. The van der Waals surface area contributed by atoms with E-state index in [1.165, 1.54) is 12.1 Å². The zero-order valence-corrected chi connectivity index (χ0v) is 13.7. The molecule has 1 fully saturated rings. The maximum Gasteiger partial charge on any atom is 0.134 e. The average Bonchev–Trinajstić information content (AvgIpc) is 2.85. The van der Waals surface area contributed by atoms with E-state index in [9.17, 15) is 9.50 Å². The van der Waals surface area contributed by atoms with Gasteiger partial charge >= 0.3 is 0 Å². The molecule has 1 atom stereocenters. The van der Waals surface area contributed by atoms with Crippen LogP contribution in [0.1, 0.15) is 11.3 Å². The van der Waals surface area contributed by atoms with E-state index < -0.39 is 5.60 Å². The minimum atomic E-state index is -1.15. The summed E-state index contributed by atoms with van der Waals surface area (Å²) in [4.78, 5) is 2.11. The number of halogens is 1. The number of aromatic nitrogens is 2. The van der Waals surface area contributed by atoms with Crippen molar-refractivity contribution in [1.82, 2.24) is 15.1 Å². The molecule has 2 N–H and O–H groups in total. The molecule has 130 valence electrons. The standard InChI is InChI=1S/C17H22FN3O3/c1-13-14(8-19-20-13)9-21-5-6-23-11-17(22,10-21)12-24-16-4-2-3-15(18)7-16/h2-4,7-8,22H,5-6,9-12H2,1H3,(H,19,20)/t17-/m1/s1. The van der Waals surface area contributed by atoms with Gasteiger partial charge in [-0.25, -0.2) is 4.39 Å². The normalized spacial score (nSPS) is 22.3. The van der Waals surface area contributed by atoms with Crippen molar-refractivity contribution in [2.24, 2.45) is 0 Å². The Hall–Kier alpha value is -1.96. The summed E-state index contributed by atoms with van der Waals surface area (Å²) in [6.07, 6.45) is 1.80. The van der Waals surface area contributed by atoms with Gasteiger partial charge in [-0.3, -0.25) is 10.00 Å². The lowest BCUT2D eigenvalue weighted by atomic mass is 10.1. The first-order valence-electron chi connectivity index (χ1n) is 7.94. The highest BCUT2D eigenvalue weighted by Crippen LogP contribution is 2.19. The number of rotatable bonds is 5. The van der Waals surface area contributed by atoms with E-state index in [2.05, 4.69) is 15.1 Å². The number of hydrogen-bond acceptors (Lipinski definition) is 5. The van der Waals surface area contributed by atoms with E-state index in [0.29, 0.717) is 32.0 Å². The van der Waals surface area contributed by atoms with Crippen LogP contribution < -0.4 is 4.74 Å². The second kappa shape index (κ2) is 7.29. The van der Waals surface area contributed by atoms with E-state index in [1.807, 2.05) is 6.92 Å². The van der Waals surface area contributed by atoms with Gasteiger partial charge in [0.1, 0.15) is 23.8 Å². The van der Waals surface area contributed by atoms with Crippen LogP contribution in [0.4, 0.5) is 4.39 Å². The predicted octanol–water partition coefficient (Wildman–Crippen LogP) is 1.50. The van der Waals surface area contributed by atoms with Crippen molar-refractivity contribution in [3.63, 3.8) is 0 Å². The molecule has 0 bridgehead atoms. The molecule has 1 aromatic heterocycles. The molecule has 0 amide bonds. The SMILES string of the molecule is Cc1[nH]ncc1CN1CCOC[C@@](O)(COc2cccc(F)c2)C1. The lowest BCUT2D eigenvalue weighted by Gasteiger charge is -2.30. The van der Waals surface area contributed by atoms with Crippen LogP contribution in [0.15, 0.2) is 30.5 Å². The Morgan fingerprint density at radius 1 is 1.50 bits per heavy atom. The average molecular weight is 335 g/mol. The molecule has 0 radical (unpaired) electrons. The number of β-amino-alcohol motifs (C(OH)–C–C–N with tert-alkyl or cyclic N) is 1. The molecule has 6 nitrogen and oxygen atoms in total. The Labute approximate surface area is 140 Å². The van der Waals surface area contributed by atoms with Crippen LogP contribution in [0.2, 0.25) is 0 Å². The van der Waals surface area contributed by atoms with E-state index in [4.69, 9.17) is 9.47 Å². The quantitative estimate of drug-likeness (QED) is 0.866. The number of H-pyrrole nitrogens is 1. The molecule has 0 unspecified atom stereocenters. The number of benzene rings is 1. The Morgan fingerprint density at radius 3 is 3.12 bits per heavy atom. The molecule has 3 rings (SSSR count). The second-order valence-corrected chi connectivity index (χ2v) is 6.25. The summed E-state index contributed by atoms with van der Waals surface area (Å²) in [5, 5.41) is 17.8. The Kier molecular flexibility index (Phi) is 5.13. The van der Waals surface area contributed by atoms with Crippen molar-refractivity contribution in [2.75, 3.05) is 32.9 Å². The summed E-state index contributed by atoms with van der Waals surface area (Å²) in [6, 6.07) is 5.89. The third kappa shape index (κ3) is 4.31. The molecule has 1 saturated heterocycles. The van der Waals surface area contributed by atoms with E-state index in [-0.39, 0.29) is 19.0 Å². The molecule has 0 aliphatic carbocycles. The highest BCUT2D eigenvalue weighted by Gasteiger charge is 2.33. The molecule has 1 aromatic carbocycles. The molecule has 1 aliphatic heterocycles. The molecule has 7 heteroatoms. The third-order valence-electron chi connectivity index (χ3n) is 4.07. The zero-order valence-electron chi connectivity index (χ0n) is 13.7. The van der Waals surface area contributed by atoms with Crippen LogP contribution in [-0.4, -0.2) is 58.7 Å². The summed E-state index contributed by atoms with van der Waals surface area (Å²) < 4.78 is 24.3. The van der Waals surface area contributed by atoms with Crippen LogP contribution in [0, 0.1) is 12.7 Å². The zero-order chi connectivity index (χ0) is 17.0. The van der Waals surface area contributed by atoms with Gasteiger partial charge in [0, 0.05) is 37.0 Å². The number of ether oxygens (including phenoxy) is 2. The summed E-state index contributed by atoms with van der Waals surface area (Å²) in [5.41, 5.74) is 0.950. The van der Waals surface area contributed by atoms with Crippen LogP contribution in [0.5, 0.6) is 5.75 Å². The van der Waals surface area contributed by atoms with Gasteiger partial charge in [-0.1, -0.05) is 6.07 Å². The van der Waals surface area contributed by atoms with Gasteiger partial charge in [0.15, 0.2) is 0 Å². The fourth-order valence-corrected chi connectivity index (χ4v) is 2.77. The maximum absolute atomic E-state index is 13.2. The summed E-state index contributed by atoms with van der Waals surface area (Å²) in [6.45, 7) is 4.53. The molecule has 0 saturated carbocycles. The second-order valence-electron chi connectivity index (χ2n) is 6.25. The van der Waals surface area contributed by atoms with Gasteiger partial charge in [-0.15, -0.1) is 0 Å². The number of nitrogens with zero attached hydrogens (tertiary/aromatic N) is 2. The Morgan fingerprint density at radius 2 is 2.38 bits per heavy atom. The first kappa shape index (κ1) is 16.9. The number of hydrogen-bond donors (Lipinski definition) is 2. The fourth-order valence-electron chi connectivity index (χ4n) is 2.77. The van der Waals surface area contributed by atoms with Crippen molar-refractivity contribution in [2.45, 2.75) is 19.1 Å². The van der Waals surface area contributed by atoms with Crippen molar-refractivity contribution in [3.8, 4) is 5.75 Å². The van der Waals surface area contributed by atoms with E-state index >= 15 is 0 Å². The van der Waals surface area contributed by atoms with Crippen LogP contribution in [0.25, 0.3) is 0 Å². The van der Waals surface area contributed by atoms with Gasteiger partial charge in [-0.2, -0.15) is 5.10 Å². The topological polar surface area (TPSA) is 70.6 Å². The number of nitrogens with one attached hydrogen (secondary N) is 1. The van der Waals surface area contributed by atoms with E-state index in [1.54, 1.807) is 18.3 Å². The number of aryl methyl sites for hydroxylation is 1. The van der Waals surface area contributed by atoms with Crippen LogP contribution in [-0.2, 0) is 11.3 Å². The number of aromatic amines is 1. The number of aliphatic hydroxyl groups is 1.